The van der Waals surface area contributed by atoms with Gasteiger partial charge in [-0.2, -0.15) is 0 Å². The lowest BCUT2D eigenvalue weighted by atomic mass is 9.87. The van der Waals surface area contributed by atoms with Gasteiger partial charge in [-0.1, -0.05) is 32.9 Å². The molecule has 1 aromatic rings. The molecule has 0 aliphatic rings. The van der Waals surface area contributed by atoms with Gasteiger partial charge in [-0.3, -0.25) is 9.59 Å². The van der Waals surface area contributed by atoms with Crippen molar-refractivity contribution in [2.24, 2.45) is 11.1 Å². The minimum atomic E-state index is -0.541. The highest BCUT2D eigenvalue weighted by atomic mass is 16.2. The maximum Gasteiger partial charge on any atom is 0.237 e. The molecule has 0 aliphatic carbocycles. The van der Waals surface area contributed by atoms with Crippen LogP contribution in [0.2, 0.25) is 0 Å². The smallest absolute Gasteiger partial charge is 0.237 e. The Balaban J connectivity index is 2.54. The quantitative estimate of drug-likeness (QED) is 0.782. The molecule has 20 heavy (non-hydrogen) atoms. The summed E-state index contributed by atoms with van der Waals surface area (Å²) in [7, 11) is 0. The molecular formula is C15H23N3O2. The summed E-state index contributed by atoms with van der Waals surface area (Å²) in [5, 5.41) is 5.50. The Morgan fingerprint density at radius 3 is 2.20 bits per heavy atom. The first-order valence-corrected chi connectivity index (χ1v) is 6.60. The first kappa shape index (κ1) is 16.2. The predicted molar refractivity (Wildman–Crippen MR) is 80.0 cm³/mol. The minimum absolute atomic E-state index is 0.109. The van der Waals surface area contributed by atoms with E-state index in [9.17, 15) is 9.59 Å². The van der Waals surface area contributed by atoms with Crippen LogP contribution in [0.1, 0.15) is 33.3 Å². The Hall–Kier alpha value is -1.88. The molecule has 110 valence electrons. The maximum absolute atomic E-state index is 11.9. The molecule has 0 radical (unpaired) electrons. The van der Waals surface area contributed by atoms with E-state index in [1.807, 2.05) is 32.9 Å². The summed E-state index contributed by atoms with van der Waals surface area (Å²) in [5.74, 6) is -0.273. The molecule has 5 nitrogen and oxygen atoms in total. The second kappa shape index (κ2) is 6.52. The number of hydrogen-bond acceptors (Lipinski definition) is 3. The Labute approximate surface area is 119 Å². The first-order valence-electron chi connectivity index (χ1n) is 6.60. The Bertz CT molecular complexity index is 475. The third-order valence-electron chi connectivity index (χ3n) is 2.96. The molecule has 0 aromatic heterocycles. The largest absolute Gasteiger partial charge is 0.351 e. The van der Waals surface area contributed by atoms with Gasteiger partial charge in [0.2, 0.25) is 11.8 Å². The number of anilines is 1. The topological polar surface area (TPSA) is 84.2 Å². The van der Waals surface area contributed by atoms with Gasteiger partial charge in [0.1, 0.15) is 0 Å². The van der Waals surface area contributed by atoms with Gasteiger partial charge in [0.15, 0.2) is 0 Å². The van der Waals surface area contributed by atoms with Gasteiger partial charge >= 0.3 is 0 Å². The van der Waals surface area contributed by atoms with E-state index in [0.717, 1.165) is 11.3 Å². The number of nitrogens with one attached hydrogen (secondary N) is 2. The molecule has 1 aromatic carbocycles. The molecular weight excluding hydrogens is 254 g/mol. The SMILES string of the molecule is CC(=O)Nc1ccc(CNC(=O)[C@@H](N)C(C)(C)C)cc1. The number of hydrogen-bond donors (Lipinski definition) is 3. The molecule has 0 saturated heterocycles. The monoisotopic (exact) mass is 277 g/mol. The molecule has 2 amide bonds. The van der Waals surface area contributed by atoms with Crippen LogP contribution in [-0.2, 0) is 16.1 Å². The third kappa shape index (κ3) is 5.01. The second-order valence-corrected chi connectivity index (χ2v) is 5.94. The van der Waals surface area contributed by atoms with E-state index in [1.54, 1.807) is 12.1 Å². The van der Waals surface area contributed by atoms with Gasteiger partial charge < -0.3 is 16.4 Å². The van der Waals surface area contributed by atoms with Crippen LogP contribution in [-0.4, -0.2) is 17.9 Å². The van der Waals surface area contributed by atoms with Gasteiger partial charge in [-0.25, -0.2) is 0 Å². The molecule has 5 heteroatoms. The summed E-state index contributed by atoms with van der Waals surface area (Å²) in [4.78, 5) is 22.8. The van der Waals surface area contributed by atoms with Crippen molar-refractivity contribution >= 4 is 17.5 Å². The molecule has 1 rings (SSSR count). The molecule has 1 atom stereocenters. The second-order valence-electron chi connectivity index (χ2n) is 5.94. The summed E-state index contributed by atoms with van der Waals surface area (Å²) in [6.45, 7) is 7.67. The fraction of sp³-hybridized carbons (Fsp3) is 0.467. The van der Waals surface area contributed by atoms with E-state index in [2.05, 4.69) is 10.6 Å². The molecule has 0 saturated carbocycles. The predicted octanol–water partition coefficient (Wildman–Crippen LogP) is 1.63. The fourth-order valence-electron chi connectivity index (χ4n) is 1.60. The number of nitrogens with two attached hydrogens (primary N) is 1. The van der Waals surface area contributed by atoms with Crippen LogP contribution in [0.3, 0.4) is 0 Å². The zero-order valence-electron chi connectivity index (χ0n) is 12.5. The lowest BCUT2D eigenvalue weighted by Crippen LogP contribution is -2.48. The molecule has 0 fully saturated rings. The maximum atomic E-state index is 11.9. The van der Waals surface area contributed by atoms with E-state index in [-0.39, 0.29) is 17.2 Å². The number of benzene rings is 1. The van der Waals surface area contributed by atoms with E-state index >= 15 is 0 Å². The standard InChI is InChI=1S/C15H23N3O2/c1-10(19)18-12-7-5-11(6-8-12)9-17-14(20)13(16)15(2,3)4/h5-8,13H,9,16H2,1-4H3,(H,17,20)(H,18,19)/t13-/m1/s1. The van der Waals surface area contributed by atoms with E-state index in [0.29, 0.717) is 6.54 Å². The van der Waals surface area contributed by atoms with Crippen molar-refractivity contribution in [2.45, 2.75) is 40.3 Å². The van der Waals surface area contributed by atoms with Crippen LogP contribution >= 0.6 is 0 Å². The van der Waals surface area contributed by atoms with E-state index < -0.39 is 6.04 Å². The number of carbonyl (C=O) groups is 2. The van der Waals surface area contributed by atoms with Gasteiger partial charge in [-0.05, 0) is 23.1 Å². The van der Waals surface area contributed by atoms with Crippen molar-refractivity contribution in [1.29, 1.82) is 0 Å². The summed E-state index contributed by atoms with van der Waals surface area (Å²) < 4.78 is 0. The summed E-state index contributed by atoms with van der Waals surface area (Å²) in [6.07, 6.45) is 0. The van der Waals surface area contributed by atoms with Gasteiger partial charge in [0.25, 0.3) is 0 Å². The van der Waals surface area contributed by atoms with Crippen molar-refractivity contribution in [1.82, 2.24) is 5.32 Å². The minimum Gasteiger partial charge on any atom is -0.351 e. The van der Waals surface area contributed by atoms with Crippen molar-refractivity contribution in [2.75, 3.05) is 5.32 Å². The van der Waals surface area contributed by atoms with Crippen LogP contribution in [0.4, 0.5) is 5.69 Å². The average molecular weight is 277 g/mol. The van der Waals surface area contributed by atoms with Crippen LogP contribution in [0.15, 0.2) is 24.3 Å². The zero-order valence-corrected chi connectivity index (χ0v) is 12.5. The van der Waals surface area contributed by atoms with Crippen LogP contribution in [0.5, 0.6) is 0 Å². The van der Waals surface area contributed by atoms with E-state index in [1.165, 1.54) is 6.92 Å². The Morgan fingerprint density at radius 2 is 1.75 bits per heavy atom. The van der Waals surface area contributed by atoms with Crippen molar-refractivity contribution in [3.63, 3.8) is 0 Å². The number of carbonyl (C=O) groups excluding carboxylic acids is 2. The first-order chi connectivity index (χ1) is 9.20. The number of amides is 2. The third-order valence-corrected chi connectivity index (χ3v) is 2.96. The van der Waals surface area contributed by atoms with Crippen molar-refractivity contribution in [3.05, 3.63) is 29.8 Å². The average Bonchev–Trinajstić information content (AvgIpc) is 2.35. The van der Waals surface area contributed by atoms with E-state index in [4.69, 9.17) is 5.73 Å². The summed E-state index contributed by atoms with van der Waals surface area (Å²) >= 11 is 0. The highest BCUT2D eigenvalue weighted by molar-refractivity contribution is 5.88. The van der Waals surface area contributed by atoms with Crippen LogP contribution < -0.4 is 16.4 Å². The van der Waals surface area contributed by atoms with Gasteiger partial charge in [0, 0.05) is 19.2 Å². The highest BCUT2D eigenvalue weighted by Gasteiger charge is 2.26. The van der Waals surface area contributed by atoms with Gasteiger partial charge in [0.05, 0.1) is 6.04 Å². The van der Waals surface area contributed by atoms with Crippen molar-refractivity contribution in [3.8, 4) is 0 Å². The summed E-state index contributed by atoms with van der Waals surface area (Å²) in [5.41, 5.74) is 7.30. The van der Waals surface area contributed by atoms with Crippen molar-refractivity contribution < 1.29 is 9.59 Å². The molecule has 4 N–H and O–H groups in total. The fourth-order valence-corrected chi connectivity index (χ4v) is 1.60. The summed E-state index contributed by atoms with van der Waals surface area (Å²) in [6, 6.07) is 6.77. The lowest BCUT2D eigenvalue weighted by molar-refractivity contribution is -0.124. The Kier molecular flexibility index (Phi) is 5.27. The molecule has 0 spiro atoms. The zero-order chi connectivity index (χ0) is 15.3. The lowest BCUT2D eigenvalue weighted by Gasteiger charge is -2.25. The van der Waals surface area contributed by atoms with Crippen LogP contribution in [0.25, 0.3) is 0 Å². The molecule has 0 heterocycles. The molecule has 0 bridgehead atoms. The van der Waals surface area contributed by atoms with Crippen LogP contribution in [0, 0.1) is 5.41 Å². The Morgan fingerprint density at radius 1 is 1.20 bits per heavy atom. The van der Waals surface area contributed by atoms with Gasteiger partial charge in [-0.15, -0.1) is 0 Å². The number of rotatable bonds is 4. The molecule has 0 aliphatic heterocycles. The molecule has 0 unspecified atom stereocenters. The normalized spacial score (nSPS) is 12.7. The highest BCUT2D eigenvalue weighted by Crippen LogP contribution is 2.17.